The van der Waals surface area contributed by atoms with Gasteiger partial charge < -0.3 is 14.5 Å². The molecule has 4 heterocycles. The Morgan fingerprint density at radius 2 is 1.66 bits per heavy atom. The lowest BCUT2D eigenvalue weighted by molar-refractivity contribution is -0.00710. The van der Waals surface area contributed by atoms with Gasteiger partial charge in [0.2, 0.25) is 0 Å². The molecule has 2 saturated heterocycles. The van der Waals surface area contributed by atoms with Crippen molar-refractivity contribution in [1.29, 1.82) is 0 Å². The highest BCUT2D eigenvalue weighted by Crippen LogP contribution is 2.42. The molecule has 0 radical (unpaired) electrons. The van der Waals surface area contributed by atoms with E-state index in [-0.39, 0.29) is 29.4 Å². The fourth-order valence-corrected chi connectivity index (χ4v) is 13.3. The summed E-state index contributed by atoms with van der Waals surface area (Å²) in [6.07, 6.45) is 3.62. The standard InChI is InChI=1S/C38H46FN5O2Si/c1-23(2)47(24(3)4,25(5)6)19-17-27-13-10-12-26-14-11-15-28(32(26)27)34-33(39)35-29(20-40-34)36(42-22-41-35)43-18-16-30-31(43)21-44(30)37(45)46-38(7,8)9/h10-15,20,22-25,30-31H,16,18,21H2,1-9H3/t30-,31-/m1/s1. The second kappa shape index (κ2) is 12.2. The van der Waals surface area contributed by atoms with Gasteiger partial charge in [0.25, 0.3) is 0 Å². The van der Waals surface area contributed by atoms with Crippen molar-refractivity contribution in [2.45, 2.75) is 103 Å². The van der Waals surface area contributed by atoms with Crippen LogP contribution in [-0.2, 0) is 4.74 Å². The van der Waals surface area contributed by atoms with Crippen LogP contribution in [0.3, 0.4) is 0 Å². The van der Waals surface area contributed by atoms with Gasteiger partial charge in [0, 0.05) is 35.8 Å². The maximum absolute atomic E-state index is 16.6. The van der Waals surface area contributed by atoms with Crippen molar-refractivity contribution in [2.75, 3.05) is 18.0 Å². The average molecular weight is 652 g/mol. The lowest BCUT2D eigenvalue weighted by atomic mass is 9.96. The second-order valence-corrected chi connectivity index (χ2v) is 20.6. The zero-order valence-corrected chi connectivity index (χ0v) is 30.1. The van der Waals surface area contributed by atoms with Gasteiger partial charge in [-0.05, 0) is 55.3 Å². The van der Waals surface area contributed by atoms with Crippen molar-refractivity contribution in [1.82, 2.24) is 19.9 Å². The zero-order valence-electron chi connectivity index (χ0n) is 29.1. The van der Waals surface area contributed by atoms with Crippen LogP contribution >= 0.6 is 0 Å². The zero-order chi connectivity index (χ0) is 33.8. The number of pyridine rings is 1. The van der Waals surface area contributed by atoms with E-state index in [0.717, 1.165) is 22.8 Å². The molecule has 47 heavy (non-hydrogen) atoms. The van der Waals surface area contributed by atoms with Crippen LogP contribution in [0.1, 0.15) is 74.3 Å². The summed E-state index contributed by atoms with van der Waals surface area (Å²) in [6.45, 7) is 20.7. The Bertz CT molecular complexity index is 1880. The number of ether oxygens (including phenoxy) is 1. The number of hydrogen-bond donors (Lipinski definition) is 0. The largest absolute Gasteiger partial charge is 0.444 e. The summed E-state index contributed by atoms with van der Waals surface area (Å²) >= 11 is 0. The van der Waals surface area contributed by atoms with Crippen LogP contribution in [0.2, 0.25) is 16.6 Å². The first-order valence-corrected chi connectivity index (χ1v) is 19.1. The predicted molar refractivity (Wildman–Crippen MR) is 191 cm³/mol. The molecule has 4 aromatic rings. The van der Waals surface area contributed by atoms with Crippen molar-refractivity contribution >= 4 is 41.7 Å². The highest BCUT2D eigenvalue weighted by molar-refractivity contribution is 6.90. The van der Waals surface area contributed by atoms with Crippen LogP contribution in [0.5, 0.6) is 0 Å². The highest BCUT2D eigenvalue weighted by atomic mass is 28.3. The van der Waals surface area contributed by atoms with Gasteiger partial charge in [0.1, 0.15) is 37.0 Å². The molecular formula is C38H46FN5O2Si. The Kier molecular flexibility index (Phi) is 8.54. The topological polar surface area (TPSA) is 71.5 Å². The molecule has 0 saturated carbocycles. The number of carbonyl (C=O) groups excluding carboxylic acids is 1. The van der Waals surface area contributed by atoms with Crippen LogP contribution in [0, 0.1) is 17.3 Å². The van der Waals surface area contributed by atoms with Crippen LogP contribution < -0.4 is 4.90 Å². The Morgan fingerprint density at radius 3 is 2.32 bits per heavy atom. The van der Waals surface area contributed by atoms with Crippen LogP contribution in [0.4, 0.5) is 15.0 Å². The molecule has 7 nitrogen and oxygen atoms in total. The van der Waals surface area contributed by atoms with Gasteiger partial charge in [-0.2, -0.15) is 0 Å². The normalized spacial score (nSPS) is 18.1. The predicted octanol–water partition coefficient (Wildman–Crippen LogP) is 8.75. The van der Waals surface area contributed by atoms with Crippen molar-refractivity contribution in [3.8, 4) is 22.7 Å². The van der Waals surface area contributed by atoms with E-state index in [1.807, 2.05) is 57.2 Å². The highest BCUT2D eigenvalue weighted by Gasteiger charge is 2.51. The summed E-state index contributed by atoms with van der Waals surface area (Å²) in [4.78, 5) is 30.4. The Hall–Kier alpha value is -4.03. The molecule has 0 spiro atoms. The molecular weight excluding hydrogens is 606 g/mol. The molecule has 0 N–H and O–H groups in total. The number of nitrogens with zero attached hydrogens (tertiary/aromatic N) is 5. The smallest absolute Gasteiger partial charge is 0.410 e. The first-order valence-electron chi connectivity index (χ1n) is 16.8. The van der Waals surface area contributed by atoms with Crippen LogP contribution in [0.25, 0.3) is 32.9 Å². The maximum atomic E-state index is 16.6. The average Bonchev–Trinajstić information content (AvgIpc) is 3.30. The van der Waals surface area contributed by atoms with E-state index >= 15 is 4.39 Å². The molecule has 6 rings (SSSR count). The minimum absolute atomic E-state index is 0.0334. The SMILES string of the molecule is CC(C)[Si](C#Cc1cccc2cccc(-c3ncc4c(N5CC[C@@H]6[C@H]5CN6C(=O)OC(C)(C)C)ncnc4c3F)c12)(C(C)C)C(C)C. The third-order valence-corrected chi connectivity index (χ3v) is 16.5. The summed E-state index contributed by atoms with van der Waals surface area (Å²) in [5.41, 5.74) is 6.89. The molecule has 2 aliphatic heterocycles. The monoisotopic (exact) mass is 651 g/mol. The van der Waals surface area contributed by atoms with Crippen molar-refractivity contribution in [3.63, 3.8) is 0 Å². The lowest BCUT2D eigenvalue weighted by Crippen LogP contribution is -2.64. The Labute approximate surface area is 279 Å². The Morgan fingerprint density at radius 1 is 0.979 bits per heavy atom. The van der Waals surface area contributed by atoms with E-state index in [0.29, 0.717) is 46.5 Å². The molecule has 246 valence electrons. The minimum Gasteiger partial charge on any atom is -0.444 e. The van der Waals surface area contributed by atoms with E-state index in [1.165, 1.54) is 6.33 Å². The van der Waals surface area contributed by atoms with E-state index in [1.54, 1.807) is 11.1 Å². The van der Waals surface area contributed by atoms with Gasteiger partial charge in [0.15, 0.2) is 5.82 Å². The van der Waals surface area contributed by atoms with E-state index in [9.17, 15) is 4.79 Å². The molecule has 0 bridgehead atoms. The molecule has 2 aromatic carbocycles. The number of likely N-dealkylation sites (tertiary alicyclic amines) is 1. The third-order valence-electron chi connectivity index (χ3n) is 10.2. The molecule has 0 unspecified atom stereocenters. The summed E-state index contributed by atoms with van der Waals surface area (Å²) in [7, 11) is -1.99. The van der Waals surface area contributed by atoms with Gasteiger partial charge in [-0.1, -0.05) is 77.8 Å². The fraction of sp³-hybridized carbons (Fsp3) is 0.474. The summed E-state index contributed by atoms with van der Waals surface area (Å²) < 4.78 is 22.2. The summed E-state index contributed by atoms with van der Waals surface area (Å²) in [5, 5.41) is 2.46. The van der Waals surface area contributed by atoms with E-state index in [4.69, 9.17) is 9.72 Å². The van der Waals surface area contributed by atoms with Crippen LogP contribution in [-0.4, -0.2) is 64.8 Å². The van der Waals surface area contributed by atoms with Crippen LogP contribution in [0.15, 0.2) is 48.9 Å². The lowest BCUT2D eigenvalue weighted by Gasteiger charge is -2.46. The van der Waals surface area contributed by atoms with E-state index < -0.39 is 19.5 Å². The number of carbonyl (C=O) groups is 1. The van der Waals surface area contributed by atoms with Crippen molar-refractivity contribution in [2.24, 2.45) is 0 Å². The Balaban J connectivity index is 1.39. The number of halogens is 1. The maximum Gasteiger partial charge on any atom is 0.410 e. The van der Waals surface area contributed by atoms with Gasteiger partial charge in [-0.15, -0.1) is 5.54 Å². The fourth-order valence-electron chi connectivity index (χ4n) is 8.06. The molecule has 2 aromatic heterocycles. The van der Waals surface area contributed by atoms with Gasteiger partial charge >= 0.3 is 6.09 Å². The number of anilines is 1. The van der Waals surface area contributed by atoms with E-state index in [2.05, 4.69) is 67.9 Å². The number of fused-ring (bicyclic) bond motifs is 3. The third kappa shape index (κ3) is 5.65. The van der Waals surface area contributed by atoms with Crippen molar-refractivity contribution < 1.29 is 13.9 Å². The van der Waals surface area contributed by atoms with Gasteiger partial charge in [-0.25, -0.2) is 19.2 Å². The first-order chi connectivity index (χ1) is 22.2. The quantitative estimate of drug-likeness (QED) is 0.159. The molecule has 1 amide bonds. The number of benzene rings is 2. The number of amides is 1. The number of aromatic nitrogens is 3. The van der Waals surface area contributed by atoms with Gasteiger partial charge in [-0.3, -0.25) is 4.98 Å². The molecule has 2 atom stereocenters. The molecule has 2 aliphatic rings. The summed E-state index contributed by atoms with van der Waals surface area (Å²) in [6, 6.07) is 12.1. The first kappa shape index (κ1) is 32.9. The molecule has 9 heteroatoms. The minimum atomic E-state index is -1.99. The summed E-state index contributed by atoms with van der Waals surface area (Å²) in [5.74, 6) is 3.79. The number of rotatable bonds is 5. The molecule has 0 aliphatic carbocycles. The second-order valence-electron chi connectivity index (χ2n) is 15.0. The molecule has 2 fully saturated rings. The van der Waals surface area contributed by atoms with Gasteiger partial charge in [0.05, 0.1) is 17.5 Å². The number of hydrogen-bond acceptors (Lipinski definition) is 6. The van der Waals surface area contributed by atoms with Crippen molar-refractivity contribution in [3.05, 3.63) is 60.3 Å².